The predicted molar refractivity (Wildman–Crippen MR) is 91.9 cm³/mol. The van der Waals surface area contributed by atoms with Crippen LogP contribution in [0.15, 0.2) is 42.5 Å². The molecule has 0 amide bonds. The maximum atomic E-state index is 13.8. The molecule has 4 nitrogen and oxygen atoms in total. The van der Waals surface area contributed by atoms with E-state index in [2.05, 4.69) is 5.32 Å². The van der Waals surface area contributed by atoms with Gasteiger partial charge in [0.2, 0.25) is 0 Å². The second kappa shape index (κ2) is 9.90. The Morgan fingerprint density at radius 3 is 2.54 bits per heavy atom. The highest BCUT2D eigenvalue weighted by atomic mass is 19.1. The third-order valence-corrected chi connectivity index (χ3v) is 3.63. The number of nitrogens with one attached hydrogen (secondary N) is 1. The summed E-state index contributed by atoms with van der Waals surface area (Å²) >= 11 is 0. The summed E-state index contributed by atoms with van der Waals surface area (Å²) in [4.78, 5) is 0. The Morgan fingerprint density at radius 2 is 1.79 bits per heavy atom. The number of methoxy groups -OCH3 is 2. The van der Waals surface area contributed by atoms with Gasteiger partial charge in [-0.1, -0.05) is 30.3 Å². The first-order chi connectivity index (χ1) is 11.8. The molecule has 24 heavy (non-hydrogen) atoms. The van der Waals surface area contributed by atoms with Gasteiger partial charge >= 0.3 is 0 Å². The first-order valence-electron chi connectivity index (χ1n) is 7.98. The second-order valence-corrected chi connectivity index (χ2v) is 5.35. The fourth-order valence-corrected chi connectivity index (χ4v) is 2.35. The average molecular weight is 333 g/mol. The van der Waals surface area contributed by atoms with Crippen LogP contribution in [0.2, 0.25) is 0 Å². The van der Waals surface area contributed by atoms with E-state index in [1.807, 2.05) is 18.2 Å². The van der Waals surface area contributed by atoms with Gasteiger partial charge in [-0.2, -0.15) is 0 Å². The number of halogens is 1. The molecule has 130 valence electrons. The summed E-state index contributed by atoms with van der Waals surface area (Å²) in [7, 11) is 3.29. The average Bonchev–Trinajstić information content (AvgIpc) is 2.61. The zero-order valence-electron chi connectivity index (χ0n) is 14.2. The standard InChI is InChI=1S/C19H24FNO3/c1-22-12-6-11-21-13-15-8-5-10-18(23-2)19(15)24-14-16-7-3-4-9-17(16)20/h3-5,7-10,21H,6,11-14H2,1-2H3. The quantitative estimate of drug-likeness (QED) is 0.675. The molecule has 0 heterocycles. The molecule has 0 aliphatic rings. The smallest absolute Gasteiger partial charge is 0.166 e. The van der Waals surface area contributed by atoms with Crippen LogP contribution in [0.5, 0.6) is 11.5 Å². The highest BCUT2D eigenvalue weighted by Crippen LogP contribution is 2.32. The summed E-state index contributed by atoms with van der Waals surface area (Å²) in [5, 5.41) is 3.35. The van der Waals surface area contributed by atoms with Crippen LogP contribution in [0.4, 0.5) is 4.39 Å². The molecule has 0 saturated heterocycles. The minimum atomic E-state index is -0.272. The molecular formula is C19H24FNO3. The molecular weight excluding hydrogens is 309 g/mol. The zero-order valence-corrected chi connectivity index (χ0v) is 14.2. The summed E-state index contributed by atoms with van der Waals surface area (Å²) in [6.45, 7) is 2.37. The van der Waals surface area contributed by atoms with E-state index in [4.69, 9.17) is 14.2 Å². The van der Waals surface area contributed by atoms with Crippen LogP contribution in [-0.4, -0.2) is 27.4 Å². The van der Waals surface area contributed by atoms with Gasteiger partial charge in [0.05, 0.1) is 7.11 Å². The first kappa shape index (κ1) is 18.2. The van der Waals surface area contributed by atoms with Crippen LogP contribution in [-0.2, 0) is 17.9 Å². The Morgan fingerprint density at radius 1 is 1.00 bits per heavy atom. The zero-order chi connectivity index (χ0) is 17.2. The van der Waals surface area contributed by atoms with E-state index in [0.29, 0.717) is 23.6 Å². The van der Waals surface area contributed by atoms with E-state index in [9.17, 15) is 4.39 Å². The van der Waals surface area contributed by atoms with E-state index < -0.39 is 0 Å². The lowest BCUT2D eigenvalue weighted by atomic mass is 10.1. The number of para-hydroxylation sites is 1. The van der Waals surface area contributed by atoms with Gasteiger partial charge in [0.1, 0.15) is 12.4 Å². The SMILES string of the molecule is COCCCNCc1cccc(OC)c1OCc1ccccc1F. The maximum Gasteiger partial charge on any atom is 0.166 e. The lowest BCUT2D eigenvalue weighted by Gasteiger charge is -2.16. The molecule has 0 unspecified atom stereocenters. The lowest BCUT2D eigenvalue weighted by Crippen LogP contribution is -2.17. The molecule has 0 aliphatic heterocycles. The molecule has 0 saturated carbocycles. The van der Waals surface area contributed by atoms with Crippen molar-refractivity contribution >= 4 is 0 Å². The lowest BCUT2D eigenvalue weighted by molar-refractivity contribution is 0.194. The van der Waals surface area contributed by atoms with Crippen molar-refractivity contribution in [3.05, 3.63) is 59.4 Å². The first-order valence-corrected chi connectivity index (χ1v) is 7.98. The van der Waals surface area contributed by atoms with Crippen LogP contribution in [0.1, 0.15) is 17.5 Å². The Bertz CT molecular complexity index is 634. The largest absolute Gasteiger partial charge is 0.493 e. The number of hydrogen-bond donors (Lipinski definition) is 1. The molecule has 0 fully saturated rings. The van der Waals surface area contributed by atoms with Crippen molar-refractivity contribution in [2.24, 2.45) is 0 Å². The fourth-order valence-electron chi connectivity index (χ4n) is 2.35. The molecule has 2 aromatic carbocycles. The molecule has 0 atom stereocenters. The summed E-state index contributed by atoms with van der Waals surface area (Å²) in [6, 6.07) is 12.3. The van der Waals surface area contributed by atoms with Crippen molar-refractivity contribution < 1.29 is 18.6 Å². The van der Waals surface area contributed by atoms with Gasteiger partial charge in [0, 0.05) is 31.4 Å². The normalized spacial score (nSPS) is 10.6. The van der Waals surface area contributed by atoms with Crippen LogP contribution >= 0.6 is 0 Å². The van der Waals surface area contributed by atoms with E-state index in [-0.39, 0.29) is 12.4 Å². The van der Waals surface area contributed by atoms with Crippen LogP contribution < -0.4 is 14.8 Å². The van der Waals surface area contributed by atoms with Gasteiger partial charge < -0.3 is 19.5 Å². The second-order valence-electron chi connectivity index (χ2n) is 5.35. The molecule has 0 bridgehead atoms. The molecule has 0 aromatic heterocycles. The monoisotopic (exact) mass is 333 g/mol. The highest BCUT2D eigenvalue weighted by molar-refractivity contribution is 5.46. The minimum Gasteiger partial charge on any atom is -0.493 e. The summed E-state index contributed by atoms with van der Waals surface area (Å²) in [5.41, 5.74) is 1.49. The van der Waals surface area contributed by atoms with Crippen molar-refractivity contribution in [1.29, 1.82) is 0 Å². The molecule has 2 rings (SSSR count). The van der Waals surface area contributed by atoms with Gasteiger partial charge in [0.25, 0.3) is 0 Å². The molecule has 0 spiro atoms. The van der Waals surface area contributed by atoms with Crippen molar-refractivity contribution in [2.45, 2.75) is 19.6 Å². The van der Waals surface area contributed by atoms with Crippen molar-refractivity contribution in [1.82, 2.24) is 5.32 Å². The van der Waals surface area contributed by atoms with E-state index >= 15 is 0 Å². The van der Waals surface area contributed by atoms with Gasteiger partial charge in [0.15, 0.2) is 11.5 Å². The Hall–Kier alpha value is -2.11. The minimum absolute atomic E-state index is 0.156. The molecule has 5 heteroatoms. The third-order valence-electron chi connectivity index (χ3n) is 3.63. The van der Waals surface area contributed by atoms with Crippen LogP contribution in [0.25, 0.3) is 0 Å². The van der Waals surface area contributed by atoms with E-state index in [0.717, 1.165) is 25.1 Å². The van der Waals surface area contributed by atoms with Crippen molar-refractivity contribution in [3.63, 3.8) is 0 Å². The van der Waals surface area contributed by atoms with Gasteiger partial charge in [-0.05, 0) is 25.1 Å². The van der Waals surface area contributed by atoms with E-state index in [1.54, 1.807) is 32.4 Å². The van der Waals surface area contributed by atoms with Crippen molar-refractivity contribution in [3.8, 4) is 11.5 Å². The predicted octanol–water partition coefficient (Wildman–Crippen LogP) is 3.54. The molecule has 0 aliphatic carbocycles. The molecule has 0 radical (unpaired) electrons. The fraction of sp³-hybridized carbons (Fsp3) is 0.368. The summed E-state index contributed by atoms with van der Waals surface area (Å²) in [5.74, 6) is 1.01. The third kappa shape index (κ3) is 5.22. The number of ether oxygens (including phenoxy) is 3. The Labute approximate surface area is 142 Å². The highest BCUT2D eigenvalue weighted by Gasteiger charge is 2.11. The summed E-state index contributed by atoms with van der Waals surface area (Å²) < 4.78 is 30.1. The molecule has 2 aromatic rings. The maximum absolute atomic E-state index is 13.8. The summed E-state index contributed by atoms with van der Waals surface area (Å²) in [6.07, 6.45) is 0.936. The van der Waals surface area contributed by atoms with Crippen LogP contribution in [0, 0.1) is 5.82 Å². The van der Waals surface area contributed by atoms with Crippen molar-refractivity contribution in [2.75, 3.05) is 27.4 Å². The topological polar surface area (TPSA) is 39.7 Å². The number of benzene rings is 2. The molecule has 1 N–H and O–H groups in total. The van der Waals surface area contributed by atoms with E-state index in [1.165, 1.54) is 6.07 Å². The Balaban J connectivity index is 2.04. The van der Waals surface area contributed by atoms with Crippen LogP contribution in [0.3, 0.4) is 0 Å². The number of hydrogen-bond acceptors (Lipinski definition) is 4. The van der Waals surface area contributed by atoms with Gasteiger partial charge in [-0.3, -0.25) is 0 Å². The Kier molecular flexibility index (Phi) is 7.52. The van der Waals surface area contributed by atoms with Gasteiger partial charge in [-0.25, -0.2) is 4.39 Å². The number of rotatable bonds is 10. The van der Waals surface area contributed by atoms with Gasteiger partial charge in [-0.15, -0.1) is 0 Å².